The molecule has 0 aromatic carbocycles. The first-order chi connectivity index (χ1) is 5.68. The fourth-order valence-electron chi connectivity index (χ4n) is 0.705. The molecule has 0 saturated heterocycles. The molecule has 0 spiro atoms. The van der Waals surface area contributed by atoms with E-state index in [1.54, 1.807) is 0 Å². The molecule has 0 fully saturated rings. The summed E-state index contributed by atoms with van der Waals surface area (Å²) in [7, 11) is 0. The van der Waals surface area contributed by atoms with Crippen LogP contribution in [0.3, 0.4) is 0 Å². The topological polar surface area (TPSA) is 37.3 Å². The van der Waals surface area contributed by atoms with Crippen LogP contribution in [0, 0.1) is 0 Å². The van der Waals surface area contributed by atoms with Crippen LogP contribution < -0.4 is 0 Å². The van der Waals surface area contributed by atoms with Crippen molar-refractivity contribution in [2.75, 3.05) is 0 Å². The van der Waals surface area contributed by atoms with Crippen LogP contribution in [0.4, 0.5) is 0 Å². The van der Waals surface area contributed by atoms with Crippen molar-refractivity contribution in [3.63, 3.8) is 0 Å². The maximum absolute atomic E-state index is 9.56. The Labute approximate surface area is 76.0 Å². The quantitative estimate of drug-likeness (QED) is 0.513. The van der Waals surface area contributed by atoms with Gasteiger partial charge in [0, 0.05) is 6.42 Å². The van der Waals surface area contributed by atoms with E-state index in [1.807, 2.05) is 6.92 Å². The Balaban J connectivity index is 0. The summed E-state index contributed by atoms with van der Waals surface area (Å²) in [5, 5.41) is 8.55. The summed E-state index contributed by atoms with van der Waals surface area (Å²) in [6.45, 7) is 5.94. The van der Waals surface area contributed by atoms with Gasteiger partial charge in [0.25, 0.3) is 0 Å². The van der Waals surface area contributed by atoms with E-state index in [0.717, 1.165) is 38.4 Å². The second-order valence-electron chi connectivity index (χ2n) is 2.95. The first-order valence-corrected chi connectivity index (χ1v) is 4.80. The monoisotopic (exact) mass is 174 g/mol. The first-order valence-electron chi connectivity index (χ1n) is 4.80. The molecule has 0 aromatic heterocycles. The molecule has 0 bridgehead atoms. The summed E-state index contributed by atoms with van der Waals surface area (Å²) in [6, 6.07) is 0. The SMILES string of the molecule is CCCC(C)O.CCCCC=O. The van der Waals surface area contributed by atoms with Crippen molar-refractivity contribution in [2.24, 2.45) is 0 Å². The van der Waals surface area contributed by atoms with Crippen molar-refractivity contribution in [1.82, 2.24) is 0 Å². The highest BCUT2D eigenvalue weighted by atomic mass is 16.3. The molecule has 0 rings (SSSR count). The second kappa shape index (κ2) is 13.2. The standard InChI is InChI=1S/C5H12O.C5H10O/c1-3-4-5(2)6;1-2-3-4-5-6/h5-6H,3-4H2,1-2H3;5H,2-4H2,1H3. The van der Waals surface area contributed by atoms with E-state index in [0.29, 0.717) is 0 Å². The van der Waals surface area contributed by atoms with Crippen LogP contribution in [-0.4, -0.2) is 17.5 Å². The molecule has 2 heteroatoms. The Bertz CT molecular complexity index is 79.9. The average molecular weight is 174 g/mol. The molecule has 1 atom stereocenters. The number of rotatable bonds is 5. The van der Waals surface area contributed by atoms with E-state index in [9.17, 15) is 4.79 Å². The van der Waals surface area contributed by atoms with Crippen molar-refractivity contribution in [3.8, 4) is 0 Å². The van der Waals surface area contributed by atoms with Gasteiger partial charge in [-0.05, 0) is 19.8 Å². The maximum Gasteiger partial charge on any atom is 0.119 e. The predicted octanol–water partition coefficient (Wildman–Crippen LogP) is 2.54. The summed E-state index contributed by atoms with van der Waals surface area (Å²) >= 11 is 0. The molecule has 1 N–H and O–H groups in total. The van der Waals surface area contributed by atoms with Gasteiger partial charge >= 0.3 is 0 Å². The van der Waals surface area contributed by atoms with Crippen molar-refractivity contribution >= 4 is 6.29 Å². The number of carbonyl (C=O) groups excluding carboxylic acids is 1. The first kappa shape index (κ1) is 14.2. The van der Waals surface area contributed by atoms with Gasteiger partial charge in [0.15, 0.2) is 0 Å². The molecule has 0 aliphatic rings. The van der Waals surface area contributed by atoms with Crippen LogP contribution in [0.25, 0.3) is 0 Å². The lowest BCUT2D eigenvalue weighted by atomic mass is 10.2. The average Bonchev–Trinajstić information content (AvgIpc) is 2.02. The van der Waals surface area contributed by atoms with Gasteiger partial charge in [-0.2, -0.15) is 0 Å². The molecular weight excluding hydrogens is 152 g/mol. The second-order valence-corrected chi connectivity index (χ2v) is 2.95. The van der Waals surface area contributed by atoms with Crippen molar-refractivity contribution in [3.05, 3.63) is 0 Å². The fraction of sp³-hybridized carbons (Fsp3) is 0.900. The lowest BCUT2D eigenvalue weighted by Gasteiger charge is -1.95. The van der Waals surface area contributed by atoms with Gasteiger partial charge in [-0.1, -0.05) is 26.7 Å². The highest BCUT2D eigenvalue weighted by Crippen LogP contribution is 1.91. The Morgan fingerprint density at radius 1 is 1.33 bits per heavy atom. The normalized spacial score (nSPS) is 11.3. The van der Waals surface area contributed by atoms with E-state index in [1.165, 1.54) is 0 Å². The number of hydrogen-bond acceptors (Lipinski definition) is 2. The summed E-state index contributed by atoms with van der Waals surface area (Å²) < 4.78 is 0. The minimum Gasteiger partial charge on any atom is -0.393 e. The van der Waals surface area contributed by atoms with Gasteiger partial charge in [-0.3, -0.25) is 0 Å². The third-order valence-corrected chi connectivity index (χ3v) is 1.38. The van der Waals surface area contributed by atoms with Crippen molar-refractivity contribution in [2.45, 2.75) is 59.0 Å². The molecule has 0 heterocycles. The molecule has 0 aliphatic carbocycles. The van der Waals surface area contributed by atoms with E-state index in [4.69, 9.17) is 5.11 Å². The number of unbranched alkanes of at least 4 members (excludes halogenated alkanes) is 2. The van der Waals surface area contributed by atoms with Crippen LogP contribution in [0.1, 0.15) is 52.9 Å². The van der Waals surface area contributed by atoms with Gasteiger partial charge in [-0.25, -0.2) is 0 Å². The molecule has 0 amide bonds. The number of aldehydes is 1. The number of hydrogen-bond donors (Lipinski definition) is 1. The molecule has 0 radical (unpaired) electrons. The van der Waals surface area contributed by atoms with Crippen LogP contribution in [0.2, 0.25) is 0 Å². The number of aliphatic hydroxyl groups is 1. The molecule has 2 nitrogen and oxygen atoms in total. The Morgan fingerprint density at radius 2 is 1.92 bits per heavy atom. The zero-order valence-corrected chi connectivity index (χ0v) is 8.55. The highest BCUT2D eigenvalue weighted by molar-refractivity contribution is 5.48. The van der Waals surface area contributed by atoms with Gasteiger partial charge in [-0.15, -0.1) is 0 Å². The lowest BCUT2D eigenvalue weighted by Crippen LogP contribution is -1.95. The molecule has 12 heavy (non-hydrogen) atoms. The number of carbonyl (C=O) groups is 1. The fourth-order valence-corrected chi connectivity index (χ4v) is 0.705. The third kappa shape index (κ3) is 22.6. The molecule has 0 aromatic rings. The molecule has 0 aliphatic heterocycles. The summed E-state index contributed by atoms with van der Waals surface area (Å²) in [6.07, 6.45) is 5.77. The Hall–Kier alpha value is -0.370. The largest absolute Gasteiger partial charge is 0.393 e. The molecule has 74 valence electrons. The van der Waals surface area contributed by atoms with Gasteiger partial charge < -0.3 is 9.90 Å². The highest BCUT2D eigenvalue weighted by Gasteiger charge is 1.87. The van der Waals surface area contributed by atoms with Gasteiger partial charge in [0.1, 0.15) is 6.29 Å². The Morgan fingerprint density at radius 3 is 2.00 bits per heavy atom. The van der Waals surface area contributed by atoms with E-state index < -0.39 is 0 Å². The van der Waals surface area contributed by atoms with E-state index >= 15 is 0 Å². The zero-order valence-electron chi connectivity index (χ0n) is 8.55. The zero-order chi connectivity index (χ0) is 9.82. The van der Waals surface area contributed by atoms with Crippen LogP contribution in [0.15, 0.2) is 0 Å². The predicted molar refractivity (Wildman–Crippen MR) is 52.2 cm³/mol. The lowest BCUT2D eigenvalue weighted by molar-refractivity contribution is -0.107. The summed E-state index contributed by atoms with van der Waals surface area (Å²) in [5.41, 5.74) is 0. The number of aliphatic hydroxyl groups excluding tert-OH is 1. The van der Waals surface area contributed by atoms with Crippen LogP contribution >= 0.6 is 0 Å². The molecular formula is C10H22O2. The van der Waals surface area contributed by atoms with Crippen molar-refractivity contribution < 1.29 is 9.90 Å². The Kier molecular flexibility index (Phi) is 15.6. The molecule has 0 saturated carbocycles. The van der Waals surface area contributed by atoms with Crippen LogP contribution in [0.5, 0.6) is 0 Å². The van der Waals surface area contributed by atoms with E-state index in [-0.39, 0.29) is 6.10 Å². The minimum atomic E-state index is -0.102. The van der Waals surface area contributed by atoms with E-state index in [2.05, 4.69) is 13.8 Å². The molecule has 1 unspecified atom stereocenters. The van der Waals surface area contributed by atoms with Crippen molar-refractivity contribution in [1.29, 1.82) is 0 Å². The van der Waals surface area contributed by atoms with Crippen LogP contribution in [-0.2, 0) is 4.79 Å². The third-order valence-electron chi connectivity index (χ3n) is 1.38. The summed E-state index contributed by atoms with van der Waals surface area (Å²) in [5.74, 6) is 0. The minimum absolute atomic E-state index is 0.102. The summed E-state index contributed by atoms with van der Waals surface area (Å²) in [4.78, 5) is 9.56. The van der Waals surface area contributed by atoms with Gasteiger partial charge in [0.05, 0.1) is 6.10 Å². The maximum atomic E-state index is 9.56. The van der Waals surface area contributed by atoms with Gasteiger partial charge in [0.2, 0.25) is 0 Å². The smallest absolute Gasteiger partial charge is 0.119 e.